The van der Waals surface area contributed by atoms with E-state index in [2.05, 4.69) is 0 Å². The normalized spacial score (nSPS) is 18.0. The fraction of sp³-hybridized carbons (Fsp3) is 1.00. The van der Waals surface area contributed by atoms with E-state index in [1.54, 1.807) is 0 Å². The van der Waals surface area contributed by atoms with Crippen molar-refractivity contribution in [3.63, 3.8) is 0 Å². The van der Waals surface area contributed by atoms with E-state index in [-0.39, 0.29) is 0 Å². The van der Waals surface area contributed by atoms with Gasteiger partial charge in [-0.3, -0.25) is 0 Å². The molecule has 0 atom stereocenters. The van der Waals surface area contributed by atoms with Gasteiger partial charge >= 0.3 is 23.8 Å². The van der Waals surface area contributed by atoms with Crippen molar-refractivity contribution in [3.05, 3.63) is 0 Å². The summed E-state index contributed by atoms with van der Waals surface area (Å²) in [5.41, 5.74) is 0. The van der Waals surface area contributed by atoms with Gasteiger partial charge in [0.1, 0.15) is 0 Å². The smallest absolute Gasteiger partial charge is 0.390 e. The van der Waals surface area contributed by atoms with Crippen molar-refractivity contribution >= 4 is 32.4 Å². The third kappa shape index (κ3) is 4.46. The van der Waals surface area contributed by atoms with Crippen molar-refractivity contribution in [1.29, 1.82) is 0 Å². The van der Waals surface area contributed by atoms with Gasteiger partial charge in [-0.25, -0.2) is 0 Å². The number of hydrogen-bond acceptors (Lipinski definition) is 6. The molecule has 0 aromatic rings. The zero-order valence-corrected chi connectivity index (χ0v) is 10.3. The molecule has 0 spiro atoms. The highest BCUT2D eigenvalue weighted by atomic mass is 31.2. The molecule has 1 N–H and O–H groups in total. The maximum atomic E-state index is 8.69. The minimum absolute atomic E-state index is 0.515. The fourth-order valence-electron chi connectivity index (χ4n) is 0.573. The lowest BCUT2D eigenvalue weighted by atomic mass is 10.9. The molecule has 1 saturated heterocycles. The van der Waals surface area contributed by atoms with Crippen molar-refractivity contribution in [2.75, 3.05) is 13.2 Å². The third-order valence-corrected chi connectivity index (χ3v) is 6.13. The highest BCUT2D eigenvalue weighted by Crippen LogP contribution is 2.50. The number of rotatable bonds is 6. The highest BCUT2D eigenvalue weighted by molar-refractivity contribution is 7.49. The first-order valence-corrected chi connectivity index (χ1v) is 7.45. The van der Waals surface area contributed by atoms with Crippen LogP contribution in [0, 0.1) is 0 Å². The van der Waals surface area contributed by atoms with Crippen molar-refractivity contribution in [2.45, 2.75) is 13.8 Å². The summed E-state index contributed by atoms with van der Waals surface area (Å²) in [5.74, 6) is 0. The summed E-state index contributed by atoms with van der Waals surface area (Å²) in [6.45, 7) is 4.72. The Kier molecular flexibility index (Phi) is 6.21. The third-order valence-electron chi connectivity index (χ3n) is 0.994. The molecular weight excluding hydrogens is 233 g/mol. The molecule has 0 bridgehead atoms. The lowest BCUT2D eigenvalue weighted by Gasteiger charge is -2.27. The van der Waals surface area contributed by atoms with E-state index in [4.69, 9.17) is 24.7 Å². The summed E-state index contributed by atoms with van der Waals surface area (Å²) in [6.07, 6.45) is 0. The van der Waals surface area contributed by atoms with Gasteiger partial charge in [-0.1, -0.05) is 0 Å². The predicted octanol–water partition coefficient (Wildman–Crippen LogP) is 1.55. The van der Waals surface area contributed by atoms with Gasteiger partial charge in [0.15, 0.2) is 0 Å². The van der Waals surface area contributed by atoms with Crippen LogP contribution in [0.1, 0.15) is 13.8 Å². The molecule has 0 aromatic carbocycles. The predicted molar refractivity (Wildman–Crippen MR) is 48.3 cm³/mol. The van der Waals surface area contributed by atoms with Gasteiger partial charge in [0.2, 0.25) is 0 Å². The summed E-state index contributed by atoms with van der Waals surface area (Å²) >= 11 is -2.12. The van der Waals surface area contributed by atoms with Crippen LogP contribution in [0.4, 0.5) is 0 Å². The van der Waals surface area contributed by atoms with Crippen molar-refractivity contribution < 1.29 is 24.7 Å². The minimum Gasteiger partial charge on any atom is -0.390 e. The average molecular weight is 244 g/mol. The van der Waals surface area contributed by atoms with Crippen LogP contribution >= 0.6 is 17.2 Å². The molecule has 0 unspecified atom stereocenters. The molecule has 1 heterocycles. The Balaban J connectivity index is 2.14. The molecule has 1 rings (SSSR count). The van der Waals surface area contributed by atoms with E-state index in [1.165, 1.54) is 0 Å². The molecule has 1 aliphatic rings. The van der Waals surface area contributed by atoms with Crippen LogP contribution in [0.5, 0.6) is 0 Å². The Hall–Kier alpha value is 1.15. The lowest BCUT2D eigenvalue weighted by Crippen LogP contribution is -2.30. The molecule has 0 amide bonds. The zero-order valence-electron chi connectivity index (χ0n) is 7.37. The summed E-state index contributed by atoms with van der Waals surface area (Å²) in [4.78, 5) is 8.69. The molecule has 1 aliphatic heterocycles. The van der Waals surface area contributed by atoms with E-state index >= 15 is 0 Å². The van der Waals surface area contributed by atoms with Gasteiger partial charge in [-0.05, 0) is 13.8 Å². The molecule has 0 radical (unpaired) electrons. The van der Waals surface area contributed by atoms with Crippen LogP contribution in [0.25, 0.3) is 0 Å². The molecule has 6 nitrogen and oxygen atoms in total. The van der Waals surface area contributed by atoms with E-state index in [0.717, 1.165) is 0 Å². The monoisotopic (exact) mass is 244 g/mol. The first-order valence-electron chi connectivity index (χ1n) is 3.81. The largest absolute Gasteiger partial charge is 0.925 e. The van der Waals surface area contributed by atoms with Crippen molar-refractivity contribution in [2.24, 2.45) is 0 Å². The standard InChI is InChI=1S/C4H10O3P.Al.HO3P/c1-3-6-8(5)7-4-2;;1-4(2)3/h3-4H2,1-2H3;;1H/q-1;+3;-2. The quantitative estimate of drug-likeness (QED) is 0.564. The van der Waals surface area contributed by atoms with E-state index in [1.807, 2.05) is 13.8 Å². The van der Waals surface area contributed by atoms with Crippen LogP contribution < -0.4 is 0 Å². The molecule has 0 aliphatic carbocycles. The molecular formula is C4H11AlO6P2. The Morgan fingerprint density at radius 1 is 1.31 bits per heavy atom. The van der Waals surface area contributed by atoms with Gasteiger partial charge in [-0.2, -0.15) is 0 Å². The van der Waals surface area contributed by atoms with Gasteiger partial charge < -0.3 is 24.7 Å². The SMILES string of the molecule is CCOP(OCC)[O][Al]1[O]P(O)[O]1. The van der Waals surface area contributed by atoms with Gasteiger partial charge in [0, 0.05) is 0 Å². The van der Waals surface area contributed by atoms with Crippen LogP contribution in [-0.4, -0.2) is 33.3 Å². The summed E-state index contributed by atoms with van der Waals surface area (Å²) in [5, 5.41) is 0. The first-order chi connectivity index (χ1) is 6.26. The van der Waals surface area contributed by atoms with Crippen LogP contribution in [0.2, 0.25) is 0 Å². The lowest BCUT2D eigenvalue weighted by molar-refractivity contribution is 0.162. The maximum Gasteiger partial charge on any atom is 0.925 e. The van der Waals surface area contributed by atoms with E-state index in [0.29, 0.717) is 13.2 Å². The second-order valence-electron chi connectivity index (χ2n) is 1.90. The zero-order chi connectivity index (χ0) is 9.68. The molecule has 1 fully saturated rings. The van der Waals surface area contributed by atoms with Crippen LogP contribution in [0.3, 0.4) is 0 Å². The molecule has 13 heavy (non-hydrogen) atoms. The van der Waals surface area contributed by atoms with E-state index < -0.39 is 32.4 Å². The maximum absolute atomic E-state index is 8.69. The number of hydrogen-bond donors (Lipinski definition) is 1. The van der Waals surface area contributed by atoms with Crippen LogP contribution in [0.15, 0.2) is 0 Å². The Labute approximate surface area is 84.5 Å². The van der Waals surface area contributed by atoms with Gasteiger partial charge in [0.25, 0.3) is 8.60 Å². The molecule has 0 aromatic heterocycles. The van der Waals surface area contributed by atoms with Gasteiger partial charge in [-0.15, -0.1) is 0 Å². The van der Waals surface area contributed by atoms with Crippen molar-refractivity contribution in [3.8, 4) is 0 Å². The fourth-order valence-corrected chi connectivity index (χ4v) is 4.36. The second kappa shape index (κ2) is 6.60. The summed E-state index contributed by atoms with van der Waals surface area (Å²) in [6, 6.07) is 0. The Bertz CT molecular complexity index is 139. The minimum atomic E-state index is -2.12. The molecule has 0 saturated carbocycles. The summed E-state index contributed by atoms with van der Waals surface area (Å²) < 4.78 is 25.2. The van der Waals surface area contributed by atoms with Crippen molar-refractivity contribution in [1.82, 2.24) is 0 Å². The topological polar surface area (TPSA) is 66.4 Å². The Morgan fingerprint density at radius 3 is 2.23 bits per heavy atom. The first kappa shape index (κ1) is 12.2. The molecule has 9 heteroatoms. The highest BCUT2D eigenvalue weighted by Gasteiger charge is 2.50. The summed E-state index contributed by atoms with van der Waals surface area (Å²) in [7, 11) is -3.03. The van der Waals surface area contributed by atoms with Gasteiger partial charge in [0.05, 0.1) is 13.2 Å². The van der Waals surface area contributed by atoms with Crippen LogP contribution in [-0.2, 0) is 19.8 Å². The molecule has 76 valence electrons. The second-order valence-corrected chi connectivity index (χ2v) is 6.45. The average Bonchev–Trinajstić information content (AvgIpc) is 2.02. The van der Waals surface area contributed by atoms with E-state index in [9.17, 15) is 0 Å². The Morgan fingerprint density at radius 2 is 1.85 bits per heavy atom.